The quantitative estimate of drug-likeness (QED) is 0.341. The standard InChI is InChI=1S/C6H10.C3H6.2C2H6.C2H4.CH4/c1-4-5-6(2)3;1-3-2;3*1-2;/h4-5H,1H2,2-3H3;3H,1H2,2H3;2*1-2H3;1-2H2;1H4. The molecule has 0 heterocycles. The molecule has 0 saturated heterocycles. The van der Waals surface area contributed by atoms with E-state index in [-0.39, 0.29) is 7.43 Å². The van der Waals surface area contributed by atoms with E-state index in [1.165, 1.54) is 5.57 Å². The van der Waals surface area contributed by atoms with Crippen molar-refractivity contribution in [2.45, 2.75) is 55.9 Å². The fourth-order valence-corrected chi connectivity index (χ4v) is 0.236. The van der Waals surface area contributed by atoms with Crippen LogP contribution in [0.2, 0.25) is 0 Å². The largest absolute Gasteiger partial charge is 0.106 e. The Kier molecular flexibility index (Phi) is 216. The summed E-state index contributed by atoms with van der Waals surface area (Å²) < 4.78 is 0. The molecular formula is C16H36. The molecule has 0 unspecified atom stereocenters. The van der Waals surface area contributed by atoms with Gasteiger partial charge in [0.05, 0.1) is 0 Å². The van der Waals surface area contributed by atoms with Crippen molar-refractivity contribution in [1.82, 2.24) is 0 Å². The molecule has 100 valence electrons. The van der Waals surface area contributed by atoms with Gasteiger partial charge >= 0.3 is 0 Å². The van der Waals surface area contributed by atoms with Gasteiger partial charge in [-0.3, -0.25) is 0 Å². The van der Waals surface area contributed by atoms with Gasteiger partial charge in [-0.15, -0.1) is 19.7 Å². The van der Waals surface area contributed by atoms with E-state index in [4.69, 9.17) is 0 Å². The predicted octanol–water partition coefficient (Wildman–Crippen LogP) is 6.82. The second kappa shape index (κ2) is 95.3. The highest BCUT2D eigenvalue weighted by atomic mass is 13.7. The third kappa shape index (κ3) is 483. The lowest BCUT2D eigenvalue weighted by molar-refractivity contribution is 1.40. The van der Waals surface area contributed by atoms with Crippen molar-refractivity contribution < 1.29 is 0 Å². The molecule has 0 spiro atoms. The van der Waals surface area contributed by atoms with E-state index in [1.807, 2.05) is 54.5 Å². The van der Waals surface area contributed by atoms with Gasteiger partial charge in [0.1, 0.15) is 0 Å². The summed E-state index contributed by atoms with van der Waals surface area (Å²) in [6.07, 6.45) is 5.51. The summed E-state index contributed by atoms with van der Waals surface area (Å²) in [4.78, 5) is 0. The Hall–Kier alpha value is -1.04. The molecule has 0 nitrogen and oxygen atoms in total. The van der Waals surface area contributed by atoms with E-state index in [9.17, 15) is 0 Å². The summed E-state index contributed by atoms with van der Waals surface area (Å²) in [7, 11) is 0. The smallest absolute Gasteiger partial charge is 0.0439 e. The highest BCUT2D eigenvalue weighted by Crippen LogP contribution is 1.85. The van der Waals surface area contributed by atoms with Gasteiger partial charge in [-0.05, 0) is 20.8 Å². The van der Waals surface area contributed by atoms with Crippen molar-refractivity contribution in [2.24, 2.45) is 0 Å². The third-order valence-electron chi connectivity index (χ3n) is 0.451. The fourth-order valence-electron chi connectivity index (χ4n) is 0.236. The van der Waals surface area contributed by atoms with Crippen LogP contribution in [0.4, 0.5) is 0 Å². The molecule has 0 aliphatic rings. The first-order valence-corrected chi connectivity index (χ1v) is 5.52. The fraction of sp³-hybridized carbons (Fsp3) is 0.500. The lowest BCUT2D eigenvalue weighted by Crippen LogP contribution is -1.54. The topological polar surface area (TPSA) is 0 Å². The van der Waals surface area contributed by atoms with Crippen LogP contribution in [0, 0.1) is 0 Å². The van der Waals surface area contributed by atoms with Crippen molar-refractivity contribution in [1.29, 1.82) is 0 Å². The summed E-state index contributed by atoms with van der Waals surface area (Å²) in [5.74, 6) is 0. The molecule has 0 aromatic carbocycles. The Morgan fingerprint density at radius 3 is 1.06 bits per heavy atom. The normalized spacial score (nSPS) is 4.44. The van der Waals surface area contributed by atoms with Crippen molar-refractivity contribution in [2.75, 3.05) is 0 Å². The van der Waals surface area contributed by atoms with Gasteiger partial charge < -0.3 is 0 Å². The molecule has 0 radical (unpaired) electrons. The van der Waals surface area contributed by atoms with Crippen LogP contribution >= 0.6 is 0 Å². The second-order valence-corrected chi connectivity index (χ2v) is 1.89. The number of hydrogen-bond donors (Lipinski definition) is 0. The minimum atomic E-state index is 0. The SMILES string of the molecule is C.C=C.C=CC.C=CC=C(C)C.CC.CC. The lowest BCUT2D eigenvalue weighted by Gasteiger charge is -1.76. The summed E-state index contributed by atoms with van der Waals surface area (Å²) in [5, 5.41) is 0. The minimum absolute atomic E-state index is 0. The highest BCUT2D eigenvalue weighted by molar-refractivity contribution is 5.04. The summed E-state index contributed by atoms with van der Waals surface area (Å²) in [5.41, 5.74) is 1.30. The molecule has 0 rings (SSSR count). The molecule has 0 aromatic heterocycles. The highest BCUT2D eigenvalue weighted by Gasteiger charge is 1.63. The zero-order valence-electron chi connectivity index (χ0n) is 12.1. The molecular weight excluding hydrogens is 192 g/mol. The Labute approximate surface area is 106 Å². The van der Waals surface area contributed by atoms with Gasteiger partial charge in [-0.25, -0.2) is 0 Å². The van der Waals surface area contributed by atoms with E-state index in [2.05, 4.69) is 26.3 Å². The number of hydrogen-bond acceptors (Lipinski definition) is 0. The number of allylic oxidation sites excluding steroid dienone is 4. The molecule has 16 heavy (non-hydrogen) atoms. The molecule has 0 aliphatic carbocycles. The van der Waals surface area contributed by atoms with Crippen LogP contribution in [-0.4, -0.2) is 0 Å². The van der Waals surface area contributed by atoms with Crippen molar-refractivity contribution in [3.8, 4) is 0 Å². The molecule has 0 saturated carbocycles. The molecule has 0 N–H and O–H groups in total. The van der Waals surface area contributed by atoms with Crippen LogP contribution in [0.15, 0.2) is 50.1 Å². The summed E-state index contributed by atoms with van der Waals surface area (Å²) >= 11 is 0. The maximum Gasteiger partial charge on any atom is -0.0439 e. The van der Waals surface area contributed by atoms with Gasteiger partial charge in [0.15, 0.2) is 0 Å². The maximum absolute atomic E-state index is 3.52. The van der Waals surface area contributed by atoms with Crippen LogP contribution in [-0.2, 0) is 0 Å². The maximum atomic E-state index is 3.52. The number of rotatable bonds is 1. The van der Waals surface area contributed by atoms with E-state index in [0.29, 0.717) is 0 Å². The van der Waals surface area contributed by atoms with E-state index in [1.54, 1.807) is 12.2 Å². The average Bonchev–Trinajstić information content (AvgIpc) is 2.27. The molecule has 0 heteroatoms. The van der Waals surface area contributed by atoms with E-state index in [0.717, 1.165) is 0 Å². The predicted molar refractivity (Wildman–Crippen MR) is 86.2 cm³/mol. The molecule has 0 bridgehead atoms. The van der Waals surface area contributed by atoms with E-state index >= 15 is 0 Å². The molecule has 0 fully saturated rings. The van der Waals surface area contributed by atoms with Crippen LogP contribution in [0.5, 0.6) is 0 Å². The first kappa shape index (κ1) is 36.3. The minimum Gasteiger partial charge on any atom is -0.106 e. The third-order valence-corrected chi connectivity index (χ3v) is 0.451. The van der Waals surface area contributed by atoms with Crippen molar-refractivity contribution in [3.63, 3.8) is 0 Å². The Bertz CT molecular complexity index is 103. The van der Waals surface area contributed by atoms with E-state index < -0.39 is 0 Å². The summed E-state index contributed by atoms with van der Waals surface area (Å²) in [6.45, 7) is 26.9. The van der Waals surface area contributed by atoms with Crippen LogP contribution in [0.25, 0.3) is 0 Å². The molecule has 0 amide bonds. The Morgan fingerprint density at radius 2 is 1.06 bits per heavy atom. The van der Waals surface area contributed by atoms with Crippen molar-refractivity contribution >= 4 is 0 Å². The van der Waals surface area contributed by atoms with Gasteiger partial charge in [-0.2, -0.15) is 0 Å². The monoisotopic (exact) mass is 228 g/mol. The Balaban J connectivity index is -0.0000000217. The Morgan fingerprint density at radius 1 is 0.875 bits per heavy atom. The van der Waals surface area contributed by atoms with Crippen LogP contribution < -0.4 is 0 Å². The first-order chi connectivity index (χ1) is 7.18. The van der Waals surface area contributed by atoms with Gasteiger partial charge in [0.25, 0.3) is 0 Å². The molecule has 0 aliphatic heterocycles. The van der Waals surface area contributed by atoms with Gasteiger partial charge in [-0.1, -0.05) is 65.5 Å². The molecule has 0 atom stereocenters. The van der Waals surface area contributed by atoms with Crippen LogP contribution in [0.3, 0.4) is 0 Å². The first-order valence-electron chi connectivity index (χ1n) is 5.52. The average molecular weight is 228 g/mol. The zero-order valence-corrected chi connectivity index (χ0v) is 12.1. The molecule has 0 aromatic rings. The lowest BCUT2D eigenvalue weighted by atomic mass is 10.3. The summed E-state index contributed by atoms with van der Waals surface area (Å²) in [6, 6.07) is 0. The zero-order chi connectivity index (χ0) is 13.7. The van der Waals surface area contributed by atoms with Crippen molar-refractivity contribution in [3.05, 3.63) is 50.1 Å². The van der Waals surface area contributed by atoms with Crippen LogP contribution in [0.1, 0.15) is 55.9 Å². The second-order valence-electron chi connectivity index (χ2n) is 1.89. The van der Waals surface area contributed by atoms with Gasteiger partial charge in [0, 0.05) is 0 Å². The van der Waals surface area contributed by atoms with Gasteiger partial charge in [0.2, 0.25) is 0 Å².